The summed E-state index contributed by atoms with van der Waals surface area (Å²) in [6.45, 7) is 1.30. The van der Waals surface area contributed by atoms with Crippen molar-refractivity contribution in [3.63, 3.8) is 0 Å². The van der Waals surface area contributed by atoms with Crippen LogP contribution in [0.5, 0.6) is 0 Å². The number of non-ortho nitro benzene ring substituents is 1. The van der Waals surface area contributed by atoms with Crippen LogP contribution >= 0.6 is 0 Å². The fraction of sp³-hybridized carbons (Fsp3) is 0.333. The molecular formula is C15H15F3N4O3. The van der Waals surface area contributed by atoms with Crippen molar-refractivity contribution in [2.45, 2.75) is 25.7 Å². The zero-order valence-electron chi connectivity index (χ0n) is 13.4. The molecule has 1 aromatic carbocycles. The molecule has 10 heteroatoms. The van der Waals surface area contributed by atoms with Gasteiger partial charge in [0.15, 0.2) is 5.69 Å². The highest BCUT2D eigenvalue weighted by Gasteiger charge is 2.33. The number of halogens is 3. The molecule has 0 spiro atoms. The first-order valence-corrected chi connectivity index (χ1v) is 7.20. The van der Waals surface area contributed by atoms with Gasteiger partial charge in [-0.25, -0.2) is 0 Å². The molecule has 1 amide bonds. The van der Waals surface area contributed by atoms with Gasteiger partial charge in [0.2, 0.25) is 5.91 Å². The number of benzene rings is 1. The summed E-state index contributed by atoms with van der Waals surface area (Å²) >= 11 is 0. The topological polar surface area (TPSA) is 81.3 Å². The summed E-state index contributed by atoms with van der Waals surface area (Å²) in [7, 11) is 1.47. The maximum absolute atomic E-state index is 12.5. The summed E-state index contributed by atoms with van der Waals surface area (Å²) in [5.74, 6) is -0.476. The summed E-state index contributed by atoms with van der Waals surface area (Å²) < 4.78 is 38.5. The lowest BCUT2D eigenvalue weighted by molar-refractivity contribution is -0.384. The number of alkyl halides is 3. The van der Waals surface area contributed by atoms with Crippen LogP contribution in [0.2, 0.25) is 0 Å². The molecule has 0 aliphatic carbocycles. The Bertz CT molecular complexity index is 788. The van der Waals surface area contributed by atoms with Crippen molar-refractivity contribution >= 4 is 11.6 Å². The molecular weight excluding hydrogens is 341 g/mol. The van der Waals surface area contributed by atoms with E-state index in [1.54, 1.807) is 13.0 Å². The smallest absolute Gasteiger partial charge is 0.337 e. The summed E-state index contributed by atoms with van der Waals surface area (Å²) in [4.78, 5) is 23.8. The predicted octanol–water partition coefficient (Wildman–Crippen LogP) is 3.03. The lowest BCUT2D eigenvalue weighted by Crippen LogP contribution is -2.32. The molecule has 134 valence electrons. The third-order valence-corrected chi connectivity index (χ3v) is 3.77. The van der Waals surface area contributed by atoms with Crippen LogP contribution in [0.3, 0.4) is 0 Å². The van der Waals surface area contributed by atoms with Gasteiger partial charge in [-0.05, 0) is 18.6 Å². The Morgan fingerprint density at radius 3 is 2.64 bits per heavy atom. The zero-order chi connectivity index (χ0) is 18.8. The third kappa shape index (κ3) is 4.34. The fourth-order valence-electron chi connectivity index (χ4n) is 2.19. The molecule has 1 aromatic heterocycles. The van der Waals surface area contributed by atoms with Gasteiger partial charge in [0, 0.05) is 25.4 Å². The fourth-order valence-corrected chi connectivity index (χ4v) is 2.19. The number of carbonyl (C=O) groups is 1. The molecule has 0 radical (unpaired) electrons. The minimum atomic E-state index is -4.57. The second kappa shape index (κ2) is 6.91. The molecule has 0 unspecified atom stereocenters. The molecule has 0 N–H and O–H groups in total. The number of rotatable bonds is 5. The van der Waals surface area contributed by atoms with Gasteiger partial charge in [-0.2, -0.15) is 18.3 Å². The molecule has 2 aromatic rings. The first-order valence-electron chi connectivity index (χ1n) is 7.20. The summed E-state index contributed by atoms with van der Waals surface area (Å²) in [6, 6.07) is 6.12. The molecule has 1 atom stereocenters. The Kier molecular flexibility index (Phi) is 5.10. The summed E-state index contributed by atoms with van der Waals surface area (Å²) in [5, 5.41) is 14.2. The van der Waals surface area contributed by atoms with E-state index in [0.29, 0.717) is 5.56 Å². The van der Waals surface area contributed by atoms with Crippen LogP contribution in [0, 0.1) is 10.1 Å². The van der Waals surface area contributed by atoms with Crippen LogP contribution in [-0.2, 0) is 17.5 Å². The average molecular weight is 356 g/mol. The molecule has 0 aliphatic rings. The molecule has 0 saturated heterocycles. The maximum atomic E-state index is 12.5. The number of hydrogen-bond donors (Lipinski definition) is 0. The number of hydrogen-bond acceptors (Lipinski definition) is 4. The van der Waals surface area contributed by atoms with Crippen LogP contribution in [-0.4, -0.2) is 32.6 Å². The number of nitrogens with zero attached hydrogens (tertiary/aromatic N) is 4. The van der Waals surface area contributed by atoms with Gasteiger partial charge in [0.1, 0.15) is 6.54 Å². The second-order valence-corrected chi connectivity index (χ2v) is 5.43. The normalized spacial score (nSPS) is 12.7. The Hall–Kier alpha value is -2.91. The van der Waals surface area contributed by atoms with Crippen molar-refractivity contribution in [2.75, 3.05) is 7.05 Å². The molecule has 0 saturated carbocycles. The number of nitro benzene ring substituents is 1. The highest BCUT2D eigenvalue weighted by atomic mass is 19.4. The largest absolute Gasteiger partial charge is 0.435 e. The minimum absolute atomic E-state index is 0.105. The average Bonchev–Trinajstić information content (AvgIpc) is 3.02. The maximum Gasteiger partial charge on any atom is 0.435 e. The van der Waals surface area contributed by atoms with Crippen LogP contribution in [0.25, 0.3) is 0 Å². The Balaban J connectivity index is 2.10. The van der Waals surface area contributed by atoms with Gasteiger partial charge in [0.05, 0.1) is 11.0 Å². The van der Waals surface area contributed by atoms with Crippen LogP contribution < -0.4 is 0 Å². The van der Waals surface area contributed by atoms with E-state index in [1.807, 2.05) is 0 Å². The quantitative estimate of drug-likeness (QED) is 0.609. The molecule has 7 nitrogen and oxygen atoms in total. The first kappa shape index (κ1) is 18.4. The van der Waals surface area contributed by atoms with Gasteiger partial charge in [-0.1, -0.05) is 12.1 Å². The number of nitro groups is 1. The first-order chi connectivity index (χ1) is 11.6. The van der Waals surface area contributed by atoms with E-state index in [-0.39, 0.29) is 12.2 Å². The van der Waals surface area contributed by atoms with Gasteiger partial charge in [0.25, 0.3) is 5.69 Å². The van der Waals surface area contributed by atoms with Crippen LogP contribution in [0.4, 0.5) is 18.9 Å². The number of likely N-dealkylation sites (N-methyl/N-ethyl adjacent to an activating group) is 1. The van der Waals surface area contributed by atoms with Crippen molar-refractivity contribution in [2.24, 2.45) is 0 Å². The Morgan fingerprint density at radius 1 is 1.40 bits per heavy atom. The van der Waals surface area contributed by atoms with E-state index >= 15 is 0 Å². The van der Waals surface area contributed by atoms with E-state index in [1.165, 1.54) is 30.1 Å². The number of aromatic nitrogens is 2. The highest BCUT2D eigenvalue weighted by molar-refractivity contribution is 5.76. The molecule has 1 heterocycles. The Morgan fingerprint density at radius 2 is 2.08 bits per heavy atom. The molecule has 0 aliphatic heterocycles. The molecule has 0 fully saturated rings. The van der Waals surface area contributed by atoms with Crippen molar-refractivity contribution in [1.29, 1.82) is 0 Å². The SMILES string of the molecule is C[C@H](c1cccc([N+](=O)[O-])c1)N(C)C(=O)Cn1ccc(C(F)(F)F)n1. The van der Waals surface area contributed by atoms with Crippen molar-refractivity contribution in [1.82, 2.24) is 14.7 Å². The monoisotopic (exact) mass is 356 g/mol. The second-order valence-electron chi connectivity index (χ2n) is 5.43. The Labute approximate surface area is 140 Å². The van der Waals surface area contributed by atoms with E-state index in [9.17, 15) is 28.1 Å². The van der Waals surface area contributed by atoms with Gasteiger partial charge in [-0.3, -0.25) is 19.6 Å². The standard InChI is InChI=1S/C15H15F3N4O3/c1-10(11-4-3-5-12(8-11)22(24)25)20(2)14(23)9-21-7-6-13(19-21)15(16,17)18/h3-8,10H,9H2,1-2H3/t10-/m1/s1. The van der Waals surface area contributed by atoms with Gasteiger partial charge < -0.3 is 4.90 Å². The van der Waals surface area contributed by atoms with E-state index < -0.39 is 28.7 Å². The lowest BCUT2D eigenvalue weighted by Gasteiger charge is -2.25. The van der Waals surface area contributed by atoms with Gasteiger partial charge in [-0.15, -0.1) is 0 Å². The highest BCUT2D eigenvalue weighted by Crippen LogP contribution is 2.27. The minimum Gasteiger partial charge on any atom is -0.337 e. The molecule has 0 bridgehead atoms. The zero-order valence-corrected chi connectivity index (χ0v) is 13.4. The summed E-state index contributed by atoms with van der Waals surface area (Å²) in [6.07, 6.45) is -3.50. The molecule has 2 rings (SSSR count). The van der Waals surface area contributed by atoms with Crippen molar-refractivity contribution < 1.29 is 22.9 Å². The predicted molar refractivity (Wildman–Crippen MR) is 81.5 cm³/mol. The van der Waals surface area contributed by atoms with E-state index in [4.69, 9.17) is 0 Å². The van der Waals surface area contributed by atoms with Crippen LogP contribution in [0.1, 0.15) is 24.2 Å². The van der Waals surface area contributed by atoms with Crippen LogP contribution in [0.15, 0.2) is 36.5 Å². The third-order valence-electron chi connectivity index (χ3n) is 3.77. The summed E-state index contributed by atoms with van der Waals surface area (Å²) in [5.41, 5.74) is -0.636. The van der Waals surface area contributed by atoms with E-state index in [2.05, 4.69) is 5.10 Å². The van der Waals surface area contributed by atoms with Gasteiger partial charge >= 0.3 is 6.18 Å². The number of carbonyl (C=O) groups excluding carboxylic acids is 1. The van der Waals surface area contributed by atoms with Crippen molar-refractivity contribution in [3.8, 4) is 0 Å². The van der Waals surface area contributed by atoms with E-state index in [0.717, 1.165) is 16.9 Å². The van der Waals surface area contributed by atoms with Crippen molar-refractivity contribution in [3.05, 3.63) is 57.9 Å². The number of amides is 1. The lowest BCUT2D eigenvalue weighted by atomic mass is 10.1. The molecule has 25 heavy (non-hydrogen) atoms.